The number of nitrogens with zero attached hydrogens (tertiary/aromatic N) is 1. The highest BCUT2D eigenvalue weighted by Crippen LogP contribution is 2.33. The van der Waals surface area contributed by atoms with Crippen molar-refractivity contribution in [1.29, 1.82) is 0 Å². The Labute approximate surface area is 77.1 Å². The molecule has 0 atom stereocenters. The van der Waals surface area contributed by atoms with Gasteiger partial charge >= 0.3 is 0 Å². The van der Waals surface area contributed by atoms with Crippen LogP contribution in [0.1, 0.15) is 24.6 Å². The molecule has 2 aromatic rings. The van der Waals surface area contributed by atoms with Crippen molar-refractivity contribution in [3.63, 3.8) is 0 Å². The molecule has 0 spiro atoms. The standard InChI is InChI=1S/C11H13NO/c1-2-12-10-5-3-4-8(10)9-6-7-13-11(9)12/h6-7H,2-5H2,1H3. The highest BCUT2D eigenvalue weighted by molar-refractivity contribution is 5.81. The second-order valence-corrected chi connectivity index (χ2v) is 3.66. The molecule has 0 aliphatic heterocycles. The summed E-state index contributed by atoms with van der Waals surface area (Å²) in [6, 6.07) is 2.10. The maximum absolute atomic E-state index is 5.50. The Morgan fingerprint density at radius 1 is 1.46 bits per heavy atom. The average Bonchev–Trinajstić information content (AvgIpc) is 2.71. The van der Waals surface area contributed by atoms with Crippen molar-refractivity contribution >= 4 is 11.1 Å². The molecule has 2 heterocycles. The molecule has 2 aromatic heterocycles. The van der Waals surface area contributed by atoms with Crippen LogP contribution >= 0.6 is 0 Å². The molecule has 0 saturated heterocycles. The lowest BCUT2D eigenvalue weighted by molar-refractivity contribution is 0.563. The lowest BCUT2D eigenvalue weighted by Crippen LogP contribution is -1.97. The molecule has 68 valence electrons. The second kappa shape index (κ2) is 2.41. The van der Waals surface area contributed by atoms with Crippen molar-refractivity contribution in [3.8, 4) is 0 Å². The first-order valence-corrected chi connectivity index (χ1v) is 4.99. The van der Waals surface area contributed by atoms with Crippen LogP contribution in [0.2, 0.25) is 0 Å². The Hall–Kier alpha value is -1.18. The molecule has 13 heavy (non-hydrogen) atoms. The van der Waals surface area contributed by atoms with Gasteiger partial charge in [-0.15, -0.1) is 0 Å². The van der Waals surface area contributed by atoms with Gasteiger partial charge < -0.3 is 8.98 Å². The first kappa shape index (κ1) is 7.25. The fraction of sp³-hybridized carbons (Fsp3) is 0.455. The quantitative estimate of drug-likeness (QED) is 0.651. The van der Waals surface area contributed by atoms with Crippen LogP contribution < -0.4 is 0 Å². The predicted octanol–water partition coefficient (Wildman–Crippen LogP) is 2.74. The van der Waals surface area contributed by atoms with Gasteiger partial charge in [-0.2, -0.15) is 0 Å². The number of rotatable bonds is 1. The van der Waals surface area contributed by atoms with E-state index in [1.807, 2.05) is 0 Å². The van der Waals surface area contributed by atoms with Crippen LogP contribution in [0.15, 0.2) is 16.7 Å². The molecule has 0 bridgehead atoms. The molecule has 0 unspecified atom stereocenters. The third-order valence-corrected chi connectivity index (χ3v) is 3.05. The van der Waals surface area contributed by atoms with Crippen molar-refractivity contribution in [2.45, 2.75) is 32.7 Å². The van der Waals surface area contributed by atoms with Crippen LogP contribution in [0.5, 0.6) is 0 Å². The summed E-state index contributed by atoms with van der Waals surface area (Å²) in [5.74, 6) is 0. The van der Waals surface area contributed by atoms with E-state index in [0.29, 0.717) is 0 Å². The van der Waals surface area contributed by atoms with E-state index in [2.05, 4.69) is 17.6 Å². The fourth-order valence-corrected chi connectivity index (χ4v) is 2.51. The van der Waals surface area contributed by atoms with E-state index in [1.54, 1.807) is 6.26 Å². The molecule has 0 aromatic carbocycles. The Bertz CT molecular complexity index is 439. The Balaban J connectivity index is 2.42. The van der Waals surface area contributed by atoms with E-state index in [1.165, 1.54) is 35.9 Å². The fourth-order valence-electron chi connectivity index (χ4n) is 2.51. The topological polar surface area (TPSA) is 18.1 Å². The van der Waals surface area contributed by atoms with Gasteiger partial charge in [0.2, 0.25) is 5.71 Å². The van der Waals surface area contributed by atoms with E-state index >= 15 is 0 Å². The van der Waals surface area contributed by atoms with Gasteiger partial charge in [0, 0.05) is 17.6 Å². The van der Waals surface area contributed by atoms with Crippen molar-refractivity contribution < 1.29 is 4.42 Å². The van der Waals surface area contributed by atoms with Gasteiger partial charge in [0.15, 0.2) is 0 Å². The van der Waals surface area contributed by atoms with Crippen LogP contribution in [0.3, 0.4) is 0 Å². The monoisotopic (exact) mass is 175 g/mol. The highest BCUT2D eigenvalue weighted by Gasteiger charge is 2.21. The van der Waals surface area contributed by atoms with Gasteiger partial charge in [0.05, 0.1) is 6.26 Å². The van der Waals surface area contributed by atoms with Crippen LogP contribution in [0.25, 0.3) is 11.1 Å². The molecule has 2 heteroatoms. The summed E-state index contributed by atoms with van der Waals surface area (Å²) in [5.41, 5.74) is 4.12. The van der Waals surface area contributed by atoms with E-state index in [4.69, 9.17) is 4.42 Å². The molecule has 0 radical (unpaired) electrons. The molecule has 0 N–H and O–H groups in total. The molecule has 0 fully saturated rings. The molecule has 0 saturated carbocycles. The maximum Gasteiger partial charge on any atom is 0.207 e. The number of hydrogen-bond donors (Lipinski definition) is 0. The van der Waals surface area contributed by atoms with Crippen molar-refractivity contribution in [2.75, 3.05) is 0 Å². The van der Waals surface area contributed by atoms with E-state index in [9.17, 15) is 0 Å². The summed E-state index contributed by atoms with van der Waals surface area (Å²) in [7, 11) is 0. The van der Waals surface area contributed by atoms with Crippen LogP contribution in [0, 0.1) is 0 Å². The minimum absolute atomic E-state index is 1.03. The molecule has 1 aliphatic carbocycles. The summed E-state index contributed by atoms with van der Waals surface area (Å²) in [6.45, 7) is 3.21. The molecule has 2 nitrogen and oxygen atoms in total. The SMILES string of the molecule is CCn1c2c(c3ccoc31)CCC2. The zero-order chi connectivity index (χ0) is 8.84. The second-order valence-electron chi connectivity index (χ2n) is 3.66. The maximum atomic E-state index is 5.50. The van der Waals surface area contributed by atoms with Crippen LogP contribution in [-0.2, 0) is 19.4 Å². The summed E-state index contributed by atoms with van der Waals surface area (Å²) in [5, 5.41) is 1.34. The normalized spacial score (nSPS) is 15.5. The van der Waals surface area contributed by atoms with Crippen molar-refractivity contribution in [1.82, 2.24) is 4.57 Å². The summed E-state index contributed by atoms with van der Waals surface area (Å²) in [6.07, 6.45) is 5.58. The summed E-state index contributed by atoms with van der Waals surface area (Å²) >= 11 is 0. The smallest absolute Gasteiger partial charge is 0.207 e. The lowest BCUT2D eigenvalue weighted by atomic mass is 10.2. The van der Waals surface area contributed by atoms with Gasteiger partial charge in [-0.25, -0.2) is 0 Å². The third kappa shape index (κ3) is 0.781. The van der Waals surface area contributed by atoms with Gasteiger partial charge in [0.1, 0.15) is 0 Å². The van der Waals surface area contributed by atoms with Crippen molar-refractivity contribution in [2.24, 2.45) is 0 Å². The number of hydrogen-bond acceptors (Lipinski definition) is 1. The highest BCUT2D eigenvalue weighted by atomic mass is 16.3. The molecule has 1 aliphatic rings. The number of aryl methyl sites for hydroxylation is 2. The predicted molar refractivity (Wildman–Crippen MR) is 51.9 cm³/mol. The first-order valence-electron chi connectivity index (χ1n) is 4.99. The Kier molecular flexibility index (Phi) is 1.34. The van der Waals surface area contributed by atoms with Gasteiger partial charge in [-0.05, 0) is 37.8 Å². The third-order valence-electron chi connectivity index (χ3n) is 3.05. The Morgan fingerprint density at radius 2 is 2.38 bits per heavy atom. The number of aromatic nitrogens is 1. The van der Waals surface area contributed by atoms with Crippen LogP contribution in [0.4, 0.5) is 0 Å². The first-order chi connectivity index (χ1) is 6.42. The van der Waals surface area contributed by atoms with Gasteiger partial charge in [-0.3, -0.25) is 0 Å². The zero-order valence-electron chi connectivity index (χ0n) is 7.84. The van der Waals surface area contributed by atoms with Crippen molar-refractivity contribution in [3.05, 3.63) is 23.6 Å². The lowest BCUT2D eigenvalue weighted by Gasteiger charge is -2.02. The largest absolute Gasteiger partial charge is 0.448 e. The molecule has 0 amide bonds. The van der Waals surface area contributed by atoms with E-state index < -0.39 is 0 Å². The van der Waals surface area contributed by atoms with Crippen LogP contribution in [-0.4, -0.2) is 4.57 Å². The average molecular weight is 175 g/mol. The molecular weight excluding hydrogens is 162 g/mol. The zero-order valence-corrected chi connectivity index (χ0v) is 7.84. The Morgan fingerprint density at radius 3 is 3.23 bits per heavy atom. The molecule has 3 rings (SSSR count). The van der Waals surface area contributed by atoms with Gasteiger partial charge in [0.25, 0.3) is 0 Å². The summed E-state index contributed by atoms with van der Waals surface area (Å²) in [4.78, 5) is 0. The summed E-state index contributed by atoms with van der Waals surface area (Å²) < 4.78 is 7.82. The minimum Gasteiger partial charge on any atom is -0.448 e. The minimum atomic E-state index is 1.03. The van der Waals surface area contributed by atoms with Gasteiger partial charge in [-0.1, -0.05) is 0 Å². The number of furan rings is 1. The van der Waals surface area contributed by atoms with E-state index in [-0.39, 0.29) is 0 Å². The molecular formula is C11H13NO. The number of fused-ring (bicyclic) bond motifs is 3. The van der Waals surface area contributed by atoms with E-state index in [0.717, 1.165) is 12.3 Å².